The number of methoxy groups -OCH3 is 1. The predicted octanol–water partition coefficient (Wildman–Crippen LogP) is 5.22. The third-order valence-electron chi connectivity index (χ3n) is 6.41. The lowest BCUT2D eigenvalue weighted by molar-refractivity contribution is -0.142. The zero-order chi connectivity index (χ0) is 22.9. The molecule has 2 aromatic rings. The van der Waals surface area contributed by atoms with Crippen LogP contribution >= 0.6 is 0 Å². The summed E-state index contributed by atoms with van der Waals surface area (Å²) >= 11 is 0. The molecule has 1 saturated carbocycles. The SMILES string of the molecule is COC(=O)CC1CCC(c2ccc(C(=O)CCCNC(=O)c3ccc(C)cc3)cc2)CC1. The Morgan fingerprint density at radius 1 is 0.906 bits per heavy atom. The summed E-state index contributed by atoms with van der Waals surface area (Å²) in [6.07, 6.45) is 5.74. The largest absolute Gasteiger partial charge is 0.469 e. The topological polar surface area (TPSA) is 72.5 Å². The van der Waals surface area contributed by atoms with Gasteiger partial charge in [-0.2, -0.15) is 0 Å². The van der Waals surface area contributed by atoms with Crippen molar-refractivity contribution in [2.45, 2.75) is 57.8 Å². The van der Waals surface area contributed by atoms with Crippen LogP contribution in [0.4, 0.5) is 0 Å². The molecule has 3 rings (SSSR count). The third kappa shape index (κ3) is 6.78. The molecular formula is C27H33NO4. The van der Waals surface area contributed by atoms with E-state index in [1.54, 1.807) is 0 Å². The minimum atomic E-state index is -0.119. The molecule has 1 fully saturated rings. The van der Waals surface area contributed by atoms with E-state index in [-0.39, 0.29) is 17.7 Å². The van der Waals surface area contributed by atoms with Gasteiger partial charge in [0.25, 0.3) is 5.91 Å². The molecule has 0 saturated heterocycles. The minimum absolute atomic E-state index is 0.0999. The number of hydrogen-bond acceptors (Lipinski definition) is 4. The van der Waals surface area contributed by atoms with E-state index in [0.717, 1.165) is 36.8 Å². The number of aryl methyl sites for hydroxylation is 1. The predicted molar refractivity (Wildman–Crippen MR) is 125 cm³/mol. The van der Waals surface area contributed by atoms with Crippen LogP contribution in [0.25, 0.3) is 0 Å². The zero-order valence-electron chi connectivity index (χ0n) is 19.1. The van der Waals surface area contributed by atoms with Crippen LogP contribution in [0.2, 0.25) is 0 Å². The highest BCUT2D eigenvalue weighted by atomic mass is 16.5. The van der Waals surface area contributed by atoms with Crippen LogP contribution in [0.5, 0.6) is 0 Å². The van der Waals surface area contributed by atoms with E-state index in [0.29, 0.717) is 43.2 Å². The van der Waals surface area contributed by atoms with Crippen LogP contribution in [0, 0.1) is 12.8 Å². The van der Waals surface area contributed by atoms with Crippen molar-refractivity contribution in [1.82, 2.24) is 5.32 Å². The molecule has 5 nitrogen and oxygen atoms in total. The van der Waals surface area contributed by atoms with Crippen LogP contribution in [0.3, 0.4) is 0 Å². The van der Waals surface area contributed by atoms with Crippen LogP contribution in [-0.2, 0) is 9.53 Å². The average Bonchev–Trinajstić information content (AvgIpc) is 2.82. The number of benzene rings is 2. The average molecular weight is 436 g/mol. The second-order valence-electron chi connectivity index (χ2n) is 8.77. The van der Waals surface area contributed by atoms with Crippen molar-refractivity contribution < 1.29 is 19.1 Å². The summed E-state index contributed by atoms with van der Waals surface area (Å²) in [5.41, 5.74) is 3.74. The molecule has 1 aliphatic carbocycles. The molecule has 0 bridgehead atoms. The molecule has 0 atom stereocenters. The van der Waals surface area contributed by atoms with Crippen molar-refractivity contribution >= 4 is 17.7 Å². The first kappa shape index (κ1) is 23.7. The number of rotatable bonds is 9. The molecule has 0 aliphatic heterocycles. The molecule has 0 spiro atoms. The number of carbonyl (C=O) groups is 3. The molecule has 0 aromatic heterocycles. The molecule has 1 amide bonds. The summed E-state index contributed by atoms with van der Waals surface area (Å²) in [4.78, 5) is 36.1. The molecule has 1 aliphatic rings. The smallest absolute Gasteiger partial charge is 0.305 e. The summed E-state index contributed by atoms with van der Waals surface area (Å²) < 4.78 is 4.78. The first-order valence-corrected chi connectivity index (χ1v) is 11.5. The quantitative estimate of drug-likeness (QED) is 0.333. The number of hydrogen-bond donors (Lipinski definition) is 1. The van der Waals surface area contributed by atoms with Crippen molar-refractivity contribution in [3.63, 3.8) is 0 Å². The van der Waals surface area contributed by atoms with Gasteiger partial charge in [-0.15, -0.1) is 0 Å². The number of esters is 1. The number of nitrogens with one attached hydrogen (secondary N) is 1. The Bertz CT molecular complexity index is 910. The maximum atomic E-state index is 12.5. The Balaban J connectivity index is 1.40. The van der Waals surface area contributed by atoms with Gasteiger partial charge in [-0.05, 0) is 68.6 Å². The van der Waals surface area contributed by atoms with E-state index in [1.807, 2.05) is 43.3 Å². The van der Waals surface area contributed by atoms with E-state index < -0.39 is 0 Å². The number of ether oxygens (including phenoxy) is 1. The molecule has 0 heterocycles. The van der Waals surface area contributed by atoms with Crippen molar-refractivity contribution in [2.75, 3.05) is 13.7 Å². The van der Waals surface area contributed by atoms with E-state index in [2.05, 4.69) is 17.4 Å². The van der Waals surface area contributed by atoms with Crippen molar-refractivity contribution in [3.05, 3.63) is 70.8 Å². The van der Waals surface area contributed by atoms with Crippen LogP contribution in [0.15, 0.2) is 48.5 Å². The fraction of sp³-hybridized carbons (Fsp3) is 0.444. The monoisotopic (exact) mass is 435 g/mol. The van der Waals surface area contributed by atoms with E-state index in [1.165, 1.54) is 12.7 Å². The number of Topliss-reactive ketones (excluding diaryl/α,β-unsaturated/α-hetero) is 1. The molecule has 170 valence electrons. The molecule has 1 N–H and O–H groups in total. The lowest BCUT2D eigenvalue weighted by Crippen LogP contribution is -2.24. The van der Waals surface area contributed by atoms with Gasteiger partial charge in [-0.3, -0.25) is 14.4 Å². The molecule has 2 aromatic carbocycles. The molecule has 32 heavy (non-hydrogen) atoms. The van der Waals surface area contributed by atoms with Crippen molar-refractivity contribution in [3.8, 4) is 0 Å². The maximum Gasteiger partial charge on any atom is 0.305 e. The minimum Gasteiger partial charge on any atom is -0.469 e. The number of amides is 1. The van der Waals surface area contributed by atoms with Crippen LogP contribution in [0.1, 0.15) is 82.7 Å². The van der Waals surface area contributed by atoms with Crippen molar-refractivity contribution in [1.29, 1.82) is 0 Å². The highest BCUT2D eigenvalue weighted by molar-refractivity contribution is 5.96. The van der Waals surface area contributed by atoms with E-state index in [9.17, 15) is 14.4 Å². The number of ketones is 1. The van der Waals surface area contributed by atoms with Gasteiger partial charge < -0.3 is 10.1 Å². The summed E-state index contributed by atoms with van der Waals surface area (Å²) in [6, 6.07) is 15.4. The molecule has 0 radical (unpaired) electrons. The van der Waals surface area contributed by atoms with Gasteiger partial charge in [0.1, 0.15) is 0 Å². The van der Waals surface area contributed by atoms with Gasteiger partial charge in [0, 0.05) is 30.5 Å². The second-order valence-corrected chi connectivity index (χ2v) is 8.77. The van der Waals surface area contributed by atoms with Gasteiger partial charge in [0.2, 0.25) is 0 Å². The first-order valence-electron chi connectivity index (χ1n) is 11.5. The molecule has 5 heteroatoms. The van der Waals surface area contributed by atoms with Gasteiger partial charge in [0.05, 0.1) is 7.11 Å². The van der Waals surface area contributed by atoms with Crippen LogP contribution < -0.4 is 5.32 Å². The Kier molecular flexibility index (Phi) is 8.60. The van der Waals surface area contributed by atoms with Gasteiger partial charge in [-0.1, -0.05) is 42.0 Å². The lowest BCUT2D eigenvalue weighted by atomic mass is 9.77. The highest BCUT2D eigenvalue weighted by Crippen LogP contribution is 2.37. The number of carbonyl (C=O) groups excluding carboxylic acids is 3. The fourth-order valence-electron chi connectivity index (χ4n) is 4.36. The summed E-state index contributed by atoms with van der Waals surface area (Å²) in [6.45, 7) is 2.46. The van der Waals surface area contributed by atoms with E-state index in [4.69, 9.17) is 4.74 Å². The molecule has 0 unspecified atom stereocenters. The zero-order valence-corrected chi connectivity index (χ0v) is 19.1. The van der Waals surface area contributed by atoms with Crippen molar-refractivity contribution in [2.24, 2.45) is 5.92 Å². The molecular weight excluding hydrogens is 402 g/mol. The van der Waals surface area contributed by atoms with Gasteiger partial charge >= 0.3 is 5.97 Å². The Morgan fingerprint density at radius 2 is 1.53 bits per heavy atom. The van der Waals surface area contributed by atoms with Gasteiger partial charge in [0.15, 0.2) is 5.78 Å². The third-order valence-corrected chi connectivity index (χ3v) is 6.41. The summed E-state index contributed by atoms with van der Waals surface area (Å²) in [5, 5.41) is 2.88. The standard InChI is InChI=1S/C27H33NO4/c1-19-5-9-24(10-6-19)27(31)28-17-3-4-25(29)23-15-13-22(14-16-23)21-11-7-20(8-12-21)18-26(30)32-2/h5-6,9-10,13-16,20-21H,3-4,7-8,11-12,17-18H2,1-2H3,(H,28,31). The Labute approximate surface area is 190 Å². The summed E-state index contributed by atoms with van der Waals surface area (Å²) in [7, 11) is 1.44. The van der Waals surface area contributed by atoms with Gasteiger partial charge in [-0.25, -0.2) is 0 Å². The fourth-order valence-corrected chi connectivity index (χ4v) is 4.36. The first-order chi connectivity index (χ1) is 15.5. The van der Waals surface area contributed by atoms with Crippen LogP contribution in [-0.4, -0.2) is 31.3 Å². The Morgan fingerprint density at radius 3 is 2.16 bits per heavy atom. The maximum absolute atomic E-state index is 12.5. The lowest BCUT2D eigenvalue weighted by Gasteiger charge is -2.28. The summed E-state index contributed by atoms with van der Waals surface area (Å²) in [5.74, 6) is 0.785. The normalized spacial score (nSPS) is 18.1. The van der Waals surface area contributed by atoms with E-state index >= 15 is 0 Å². The highest BCUT2D eigenvalue weighted by Gasteiger charge is 2.24. The Hall–Kier alpha value is -2.95. The second kappa shape index (κ2) is 11.6.